The molecule has 90 valence electrons. The number of benzene rings is 1. The van der Waals surface area contributed by atoms with Gasteiger partial charge < -0.3 is 10.3 Å². The lowest BCUT2D eigenvalue weighted by Gasteiger charge is -2.19. The molecule has 0 amide bonds. The van der Waals surface area contributed by atoms with Crippen molar-refractivity contribution < 1.29 is 4.52 Å². The summed E-state index contributed by atoms with van der Waals surface area (Å²) >= 11 is 0. The Hall–Kier alpha value is -1.77. The lowest BCUT2D eigenvalue weighted by molar-refractivity contribution is 0.431. The number of nitrogen functional groups attached to an aromatic ring is 1. The van der Waals surface area contributed by atoms with Gasteiger partial charge in [-0.2, -0.15) is 0 Å². The third-order valence-corrected chi connectivity index (χ3v) is 2.93. The summed E-state index contributed by atoms with van der Waals surface area (Å²) in [6, 6.07) is 8.38. The van der Waals surface area contributed by atoms with Crippen molar-refractivity contribution in [1.82, 2.24) is 5.16 Å². The molecule has 0 spiro atoms. The van der Waals surface area contributed by atoms with Crippen LogP contribution in [0, 0.1) is 6.92 Å². The largest absolute Gasteiger partial charge is 0.367 e. The summed E-state index contributed by atoms with van der Waals surface area (Å²) in [6.45, 7) is 8.48. The second-order valence-corrected chi connectivity index (χ2v) is 5.33. The molecule has 0 aliphatic carbocycles. The zero-order chi connectivity index (χ0) is 12.6. The van der Waals surface area contributed by atoms with Crippen molar-refractivity contribution in [2.45, 2.75) is 33.1 Å². The molecule has 0 bridgehead atoms. The van der Waals surface area contributed by atoms with Crippen molar-refractivity contribution in [3.63, 3.8) is 0 Å². The molecule has 3 nitrogen and oxygen atoms in total. The van der Waals surface area contributed by atoms with E-state index in [4.69, 9.17) is 10.3 Å². The molecule has 0 aliphatic heterocycles. The molecule has 17 heavy (non-hydrogen) atoms. The first kappa shape index (κ1) is 11.7. The zero-order valence-corrected chi connectivity index (χ0v) is 10.7. The van der Waals surface area contributed by atoms with Gasteiger partial charge in [-0.25, -0.2) is 0 Å². The van der Waals surface area contributed by atoms with Crippen LogP contribution < -0.4 is 5.73 Å². The minimum absolute atomic E-state index is 0.160. The fourth-order valence-electron chi connectivity index (χ4n) is 1.88. The predicted molar refractivity (Wildman–Crippen MR) is 69.8 cm³/mol. The first-order valence-corrected chi connectivity index (χ1v) is 5.72. The van der Waals surface area contributed by atoms with Gasteiger partial charge in [0, 0.05) is 0 Å². The summed E-state index contributed by atoms with van der Waals surface area (Å²) in [6.07, 6.45) is 0. The predicted octanol–water partition coefficient (Wildman–Crippen LogP) is 3.53. The summed E-state index contributed by atoms with van der Waals surface area (Å²) in [5.41, 5.74) is 10.00. The number of aryl methyl sites for hydroxylation is 1. The molecule has 0 unspecified atom stereocenters. The van der Waals surface area contributed by atoms with Crippen LogP contribution in [-0.4, -0.2) is 5.16 Å². The van der Waals surface area contributed by atoms with Gasteiger partial charge in [-0.1, -0.05) is 50.2 Å². The van der Waals surface area contributed by atoms with Crippen molar-refractivity contribution in [3.8, 4) is 11.1 Å². The van der Waals surface area contributed by atoms with Gasteiger partial charge in [0.1, 0.15) is 0 Å². The second kappa shape index (κ2) is 3.91. The Morgan fingerprint density at radius 1 is 1.12 bits per heavy atom. The van der Waals surface area contributed by atoms with Crippen LogP contribution in [0.4, 0.5) is 5.88 Å². The summed E-state index contributed by atoms with van der Waals surface area (Å²) in [5, 5.41) is 3.86. The molecule has 0 atom stereocenters. The number of hydrogen-bond acceptors (Lipinski definition) is 3. The molecule has 0 radical (unpaired) electrons. The number of aromatic nitrogens is 1. The van der Waals surface area contributed by atoms with Crippen LogP contribution in [-0.2, 0) is 5.41 Å². The first-order valence-electron chi connectivity index (χ1n) is 5.72. The van der Waals surface area contributed by atoms with Gasteiger partial charge in [-0.15, -0.1) is 0 Å². The Balaban J connectivity index is 2.43. The lowest BCUT2D eigenvalue weighted by atomic mass is 9.86. The Kier molecular flexibility index (Phi) is 2.69. The van der Waals surface area contributed by atoms with Gasteiger partial charge in [-0.3, -0.25) is 0 Å². The third-order valence-electron chi connectivity index (χ3n) is 2.93. The molecule has 0 saturated heterocycles. The van der Waals surface area contributed by atoms with E-state index in [1.54, 1.807) is 0 Å². The number of anilines is 1. The van der Waals surface area contributed by atoms with Crippen LogP contribution in [0.1, 0.15) is 32.0 Å². The standard InChI is InChI=1S/C14H18N2O/c1-9-12(13(15)17-16-9)10-5-7-11(8-6-10)14(2,3)4/h5-8H,15H2,1-4H3. The van der Waals surface area contributed by atoms with E-state index in [9.17, 15) is 0 Å². The van der Waals surface area contributed by atoms with Crippen molar-refractivity contribution in [3.05, 3.63) is 35.5 Å². The van der Waals surface area contributed by atoms with E-state index in [-0.39, 0.29) is 5.41 Å². The highest BCUT2D eigenvalue weighted by Gasteiger charge is 2.15. The number of rotatable bonds is 1. The number of nitrogens with zero attached hydrogens (tertiary/aromatic N) is 1. The molecule has 3 heteroatoms. The van der Waals surface area contributed by atoms with Crippen LogP contribution in [0.2, 0.25) is 0 Å². The molecule has 2 N–H and O–H groups in total. The number of hydrogen-bond donors (Lipinski definition) is 1. The van der Waals surface area contributed by atoms with E-state index in [1.807, 2.05) is 6.92 Å². The van der Waals surface area contributed by atoms with Crippen molar-refractivity contribution in [1.29, 1.82) is 0 Å². The topological polar surface area (TPSA) is 52.0 Å². The third kappa shape index (κ3) is 2.18. The summed E-state index contributed by atoms with van der Waals surface area (Å²) in [7, 11) is 0. The van der Waals surface area contributed by atoms with E-state index in [0.717, 1.165) is 16.8 Å². The minimum atomic E-state index is 0.160. The van der Waals surface area contributed by atoms with Crippen LogP contribution in [0.25, 0.3) is 11.1 Å². The Bertz CT molecular complexity index is 499. The van der Waals surface area contributed by atoms with Crippen molar-refractivity contribution in [2.75, 3.05) is 5.73 Å². The average molecular weight is 230 g/mol. The summed E-state index contributed by atoms with van der Waals surface area (Å²) in [5.74, 6) is 0.381. The van der Waals surface area contributed by atoms with Gasteiger partial charge >= 0.3 is 0 Å². The Morgan fingerprint density at radius 2 is 1.71 bits per heavy atom. The maximum atomic E-state index is 5.77. The molecule has 1 heterocycles. The second-order valence-electron chi connectivity index (χ2n) is 5.33. The maximum absolute atomic E-state index is 5.77. The summed E-state index contributed by atoms with van der Waals surface area (Å²) in [4.78, 5) is 0. The van der Waals surface area contributed by atoms with Crippen LogP contribution >= 0.6 is 0 Å². The highest BCUT2D eigenvalue weighted by molar-refractivity contribution is 5.74. The molecule has 0 aliphatic rings. The Labute approximate surface area is 102 Å². The van der Waals surface area contributed by atoms with Gasteiger partial charge in [0.2, 0.25) is 5.88 Å². The van der Waals surface area contributed by atoms with E-state index in [1.165, 1.54) is 5.56 Å². The Morgan fingerprint density at radius 3 is 2.12 bits per heavy atom. The highest BCUT2D eigenvalue weighted by atomic mass is 16.5. The fourth-order valence-corrected chi connectivity index (χ4v) is 1.88. The maximum Gasteiger partial charge on any atom is 0.230 e. The highest BCUT2D eigenvalue weighted by Crippen LogP contribution is 2.31. The molecule has 2 rings (SSSR count). The van der Waals surface area contributed by atoms with Gasteiger partial charge in [0.05, 0.1) is 11.3 Å². The van der Waals surface area contributed by atoms with Crippen LogP contribution in [0.15, 0.2) is 28.8 Å². The van der Waals surface area contributed by atoms with Gasteiger partial charge in [0.25, 0.3) is 0 Å². The first-order chi connectivity index (χ1) is 7.89. The van der Waals surface area contributed by atoms with E-state index >= 15 is 0 Å². The van der Waals surface area contributed by atoms with E-state index in [2.05, 4.69) is 50.2 Å². The van der Waals surface area contributed by atoms with Crippen molar-refractivity contribution in [2.24, 2.45) is 0 Å². The molecule has 1 aromatic carbocycles. The number of nitrogens with two attached hydrogens (primary N) is 1. The lowest BCUT2D eigenvalue weighted by Crippen LogP contribution is -2.10. The quantitative estimate of drug-likeness (QED) is 0.815. The molecular weight excluding hydrogens is 212 g/mol. The van der Waals surface area contributed by atoms with E-state index < -0.39 is 0 Å². The summed E-state index contributed by atoms with van der Waals surface area (Å²) < 4.78 is 4.97. The normalized spacial score (nSPS) is 11.8. The van der Waals surface area contributed by atoms with Gasteiger partial charge in [-0.05, 0) is 23.5 Å². The van der Waals surface area contributed by atoms with Crippen molar-refractivity contribution >= 4 is 5.88 Å². The average Bonchev–Trinajstić information content (AvgIpc) is 2.58. The zero-order valence-electron chi connectivity index (χ0n) is 10.7. The van der Waals surface area contributed by atoms with Gasteiger partial charge in [0.15, 0.2) is 0 Å². The molecule has 0 saturated carbocycles. The SMILES string of the molecule is Cc1noc(N)c1-c1ccc(C(C)(C)C)cc1. The van der Waals surface area contributed by atoms with Crippen LogP contribution in [0.5, 0.6) is 0 Å². The minimum Gasteiger partial charge on any atom is -0.367 e. The molecular formula is C14H18N2O. The smallest absolute Gasteiger partial charge is 0.230 e. The molecule has 2 aromatic rings. The molecule has 0 fully saturated rings. The van der Waals surface area contributed by atoms with E-state index in [0.29, 0.717) is 5.88 Å². The fraction of sp³-hybridized carbons (Fsp3) is 0.357. The monoisotopic (exact) mass is 230 g/mol. The molecule has 1 aromatic heterocycles. The van der Waals surface area contributed by atoms with Crippen LogP contribution in [0.3, 0.4) is 0 Å².